The molecule has 0 saturated carbocycles. The van der Waals surface area contributed by atoms with Crippen molar-refractivity contribution in [1.82, 2.24) is 19.7 Å². The van der Waals surface area contributed by atoms with Crippen molar-refractivity contribution < 1.29 is 8.78 Å². The first-order valence-electron chi connectivity index (χ1n) is 10.4. The Hall–Kier alpha value is -2.25. The molecule has 1 unspecified atom stereocenters. The van der Waals surface area contributed by atoms with Crippen molar-refractivity contribution in [3.05, 3.63) is 77.1 Å². The zero-order chi connectivity index (χ0) is 20.9. The van der Waals surface area contributed by atoms with E-state index in [1.54, 1.807) is 6.07 Å². The molecule has 0 N–H and O–H groups in total. The van der Waals surface area contributed by atoms with Gasteiger partial charge < -0.3 is 4.57 Å². The number of aromatic nitrogens is 3. The topological polar surface area (TPSA) is 34.0 Å². The number of likely N-dealkylation sites (tertiary alicyclic amines) is 1. The maximum Gasteiger partial charge on any atom is 0.192 e. The number of halogens is 2. The zero-order valence-electron chi connectivity index (χ0n) is 17.1. The summed E-state index contributed by atoms with van der Waals surface area (Å²) >= 11 is 1.52. The van der Waals surface area contributed by atoms with Gasteiger partial charge in [-0.25, -0.2) is 8.78 Å². The van der Waals surface area contributed by atoms with Crippen LogP contribution < -0.4 is 0 Å². The lowest BCUT2D eigenvalue weighted by Gasteiger charge is -2.26. The highest BCUT2D eigenvalue weighted by Gasteiger charge is 2.20. The summed E-state index contributed by atoms with van der Waals surface area (Å²) in [7, 11) is 0. The molecule has 0 spiro atoms. The van der Waals surface area contributed by atoms with Crippen molar-refractivity contribution in [2.45, 2.75) is 49.7 Å². The fourth-order valence-corrected chi connectivity index (χ4v) is 4.74. The van der Waals surface area contributed by atoms with Crippen molar-refractivity contribution in [3.63, 3.8) is 0 Å². The molecule has 1 saturated heterocycles. The van der Waals surface area contributed by atoms with E-state index in [2.05, 4.69) is 31.8 Å². The first-order chi connectivity index (χ1) is 14.6. The third kappa shape index (κ3) is 5.08. The molecule has 0 radical (unpaired) electrons. The van der Waals surface area contributed by atoms with Gasteiger partial charge in [-0.1, -0.05) is 54.6 Å². The van der Waals surface area contributed by atoms with Gasteiger partial charge in [0.25, 0.3) is 0 Å². The van der Waals surface area contributed by atoms with Gasteiger partial charge in [-0.05, 0) is 56.1 Å². The third-order valence-corrected chi connectivity index (χ3v) is 6.62. The summed E-state index contributed by atoms with van der Waals surface area (Å²) in [4.78, 5) is 2.43. The summed E-state index contributed by atoms with van der Waals surface area (Å²) < 4.78 is 29.2. The molecule has 1 fully saturated rings. The molecule has 0 bridgehead atoms. The Kier molecular flexibility index (Phi) is 6.79. The average molecular weight is 429 g/mol. The zero-order valence-corrected chi connectivity index (χ0v) is 17.9. The van der Waals surface area contributed by atoms with Crippen LogP contribution in [0.5, 0.6) is 0 Å². The summed E-state index contributed by atoms with van der Waals surface area (Å²) in [6, 6.07) is 14.3. The normalized spacial score (nSPS) is 16.0. The Balaban J connectivity index is 1.58. The minimum atomic E-state index is -0.827. The van der Waals surface area contributed by atoms with Gasteiger partial charge >= 0.3 is 0 Å². The van der Waals surface area contributed by atoms with Crippen LogP contribution in [0.25, 0.3) is 0 Å². The summed E-state index contributed by atoms with van der Waals surface area (Å²) in [5.74, 6) is -0.704. The van der Waals surface area contributed by atoms with Crippen molar-refractivity contribution in [2.75, 3.05) is 13.1 Å². The molecule has 2 aromatic carbocycles. The molecule has 0 aliphatic carbocycles. The van der Waals surface area contributed by atoms with Crippen LogP contribution in [-0.4, -0.2) is 32.8 Å². The number of rotatable bonds is 7. The predicted molar refractivity (Wildman–Crippen MR) is 115 cm³/mol. The van der Waals surface area contributed by atoms with Gasteiger partial charge in [-0.2, -0.15) is 0 Å². The fourth-order valence-electron chi connectivity index (χ4n) is 3.76. The Morgan fingerprint density at radius 2 is 1.70 bits per heavy atom. The number of hydrogen-bond donors (Lipinski definition) is 0. The molecule has 30 heavy (non-hydrogen) atoms. The van der Waals surface area contributed by atoms with E-state index in [1.165, 1.54) is 48.7 Å². The van der Waals surface area contributed by atoms with Crippen molar-refractivity contribution >= 4 is 11.8 Å². The first-order valence-corrected chi connectivity index (χ1v) is 11.3. The van der Waals surface area contributed by atoms with Gasteiger partial charge in [0.1, 0.15) is 5.82 Å². The largest absolute Gasteiger partial charge is 0.300 e. The van der Waals surface area contributed by atoms with E-state index in [-0.39, 0.29) is 5.25 Å². The second kappa shape index (κ2) is 9.71. The highest BCUT2D eigenvalue weighted by Crippen LogP contribution is 2.35. The Morgan fingerprint density at radius 3 is 2.43 bits per heavy atom. The van der Waals surface area contributed by atoms with E-state index in [0.29, 0.717) is 6.54 Å². The quantitative estimate of drug-likeness (QED) is 0.469. The minimum Gasteiger partial charge on any atom is -0.300 e. The number of hydrogen-bond acceptors (Lipinski definition) is 4. The molecule has 1 atom stereocenters. The van der Waals surface area contributed by atoms with Gasteiger partial charge in [0, 0.05) is 5.25 Å². The van der Waals surface area contributed by atoms with Crippen LogP contribution in [0, 0.1) is 11.6 Å². The van der Waals surface area contributed by atoms with Crippen molar-refractivity contribution in [2.24, 2.45) is 0 Å². The van der Waals surface area contributed by atoms with E-state index in [0.717, 1.165) is 36.2 Å². The van der Waals surface area contributed by atoms with E-state index >= 15 is 0 Å². The van der Waals surface area contributed by atoms with Gasteiger partial charge in [0.15, 0.2) is 16.8 Å². The number of nitrogens with zero attached hydrogens (tertiary/aromatic N) is 4. The first kappa shape index (κ1) is 21.0. The second-order valence-electron chi connectivity index (χ2n) is 7.74. The maximum absolute atomic E-state index is 13.7. The van der Waals surface area contributed by atoms with Gasteiger partial charge in [0.05, 0.1) is 13.1 Å². The average Bonchev–Trinajstić information content (AvgIpc) is 3.12. The molecule has 4 nitrogen and oxygen atoms in total. The van der Waals surface area contributed by atoms with Crippen LogP contribution in [0.15, 0.2) is 53.7 Å². The summed E-state index contributed by atoms with van der Waals surface area (Å²) in [5.41, 5.74) is 1.91. The molecule has 7 heteroatoms. The minimum absolute atomic E-state index is 0.0818. The van der Waals surface area contributed by atoms with E-state index in [1.807, 2.05) is 25.1 Å². The van der Waals surface area contributed by atoms with Crippen LogP contribution in [0.1, 0.15) is 48.4 Å². The van der Waals surface area contributed by atoms with Crippen LogP contribution in [0.2, 0.25) is 0 Å². The second-order valence-corrected chi connectivity index (χ2v) is 9.05. The van der Waals surface area contributed by atoms with E-state index in [9.17, 15) is 8.78 Å². The van der Waals surface area contributed by atoms with Crippen molar-refractivity contribution in [3.8, 4) is 0 Å². The molecule has 1 aliphatic heterocycles. The van der Waals surface area contributed by atoms with E-state index < -0.39 is 11.6 Å². The number of piperidine rings is 1. The third-order valence-electron chi connectivity index (χ3n) is 5.49. The molecular weight excluding hydrogens is 402 g/mol. The number of benzene rings is 2. The monoisotopic (exact) mass is 428 g/mol. The Bertz CT molecular complexity index is 971. The highest BCUT2D eigenvalue weighted by molar-refractivity contribution is 7.99. The summed E-state index contributed by atoms with van der Waals surface area (Å²) in [6.45, 7) is 5.62. The molecular formula is C23H26F2N4S. The lowest BCUT2D eigenvalue weighted by molar-refractivity contribution is 0.213. The Labute approximate surface area is 180 Å². The van der Waals surface area contributed by atoms with Gasteiger partial charge in [-0.3, -0.25) is 4.90 Å². The smallest absolute Gasteiger partial charge is 0.192 e. The SMILES string of the molecule is CC(Sc1nnc(CN2CCCCC2)n1Cc1ccccc1)c1ccc(F)c(F)c1. The molecule has 1 aliphatic rings. The highest BCUT2D eigenvalue weighted by atomic mass is 32.2. The lowest BCUT2D eigenvalue weighted by atomic mass is 10.1. The number of thioether (sulfide) groups is 1. The van der Waals surface area contributed by atoms with Gasteiger partial charge in [0.2, 0.25) is 0 Å². The van der Waals surface area contributed by atoms with Crippen molar-refractivity contribution in [1.29, 1.82) is 0 Å². The maximum atomic E-state index is 13.7. The predicted octanol–water partition coefficient (Wildman–Crippen LogP) is 5.44. The molecule has 158 valence electrons. The summed E-state index contributed by atoms with van der Waals surface area (Å²) in [5, 5.41) is 9.68. The fraction of sp³-hybridized carbons (Fsp3) is 0.391. The van der Waals surface area contributed by atoms with Crippen LogP contribution in [0.3, 0.4) is 0 Å². The van der Waals surface area contributed by atoms with E-state index in [4.69, 9.17) is 0 Å². The molecule has 3 aromatic rings. The van der Waals surface area contributed by atoms with Crippen LogP contribution in [-0.2, 0) is 13.1 Å². The molecule has 4 rings (SSSR count). The lowest BCUT2D eigenvalue weighted by Crippen LogP contribution is -2.30. The standard InChI is InChI=1S/C23H26F2N4S/c1-17(19-10-11-20(24)21(25)14-19)30-23-27-26-22(16-28-12-6-3-7-13-28)29(23)15-18-8-4-2-5-9-18/h2,4-5,8-11,14,17H,3,6-7,12-13,15-16H2,1H3. The Morgan fingerprint density at radius 1 is 0.933 bits per heavy atom. The van der Waals surface area contributed by atoms with Crippen LogP contribution >= 0.6 is 11.8 Å². The van der Waals surface area contributed by atoms with Gasteiger partial charge in [-0.15, -0.1) is 10.2 Å². The van der Waals surface area contributed by atoms with Crippen LogP contribution in [0.4, 0.5) is 8.78 Å². The molecule has 2 heterocycles. The summed E-state index contributed by atoms with van der Waals surface area (Å²) in [6.07, 6.45) is 3.74. The molecule has 0 amide bonds. The molecule has 1 aromatic heterocycles.